The summed E-state index contributed by atoms with van der Waals surface area (Å²) in [6.07, 6.45) is -3.08. The largest absolute Gasteiger partial charge is 0.493 e. The number of aliphatic hydroxyl groups is 1. The summed E-state index contributed by atoms with van der Waals surface area (Å²) in [6, 6.07) is 9.08. The molecule has 0 amide bonds. The quantitative estimate of drug-likeness (QED) is 0.153. The standard InChI is InChI=1S/C23H26Cl2F3NO4.C2H6O.Y/c1-15(30)33-14-22(2,29-31)10-9-17-6-8-21(18(12-17)23(26,27)28)32-11-3-4-16-5-7-19(24)20(25)13-16;1-2-3;/h5-8,12-13,29,31H,3-4,9-11,14H2,1-2H3;3H,2H2,1H3;. The van der Waals surface area contributed by atoms with E-state index in [-0.39, 0.29) is 71.1 Å². The molecule has 0 aliphatic heterocycles. The summed E-state index contributed by atoms with van der Waals surface area (Å²) in [7, 11) is 0. The molecule has 2 rings (SSSR count). The van der Waals surface area contributed by atoms with Crippen LogP contribution in [0.1, 0.15) is 50.3 Å². The van der Waals surface area contributed by atoms with Crippen molar-refractivity contribution in [3.63, 3.8) is 0 Å². The molecule has 1 unspecified atom stereocenters. The number of aliphatic hydroxyl groups excluding tert-OH is 1. The van der Waals surface area contributed by atoms with Gasteiger partial charge in [0.05, 0.1) is 27.8 Å². The van der Waals surface area contributed by atoms with E-state index in [2.05, 4.69) is 5.48 Å². The van der Waals surface area contributed by atoms with Crippen molar-refractivity contribution in [3.05, 3.63) is 63.1 Å². The van der Waals surface area contributed by atoms with E-state index in [1.807, 2.05) is 0 Å². The van der Waals surface area contributed by atoms with Gasteiger partial charge < -0.3 is 19.8 Å². The second-order valence-electron chi connectivity index (χ2n) is 8.30. The summed E-state index contributed by atoms with van der Waals surface area (Å²) >= 11 is 11.9. The first kappa shape index (κ1) is 36.1. The van der Waals surface area contributed by atoms with Crippen molar-refractivity contribution >= 4 is 29.2 Å². The molecule has 2 aromatic rings. The van der Waals surface area contributed by atoms with Crippen LogP contribution in [0.2, 0.25) is 10.0 Å². The number of hydrogen-bond acceptors (Lipinski definition) is 6. The Balaban J connectivity index is 0.00000308. The van der Waals surface area contributed by atoms with Gasteiger partial charge >= 0.3 is 12.1 Å². The molecule has 0 bridgehead atoms. The Morgan fingerprint density at radius 1 is 1.05 bits per heavy atom. The van der Waals surface area contributed by atoms with Gasteiger partial charge in [0, 0.05) is 46.2 Å². The van der Waals surface area contributed by atoms with E-state index in [0.717, 1.165) is 11.6 Å². The first-order valence-electron chi connectivity index (χ1n) is 11.3. The summed E-state index contributed by atoms with van der Waals surface area (Å²) in [4.78, 5) is 11.0. The fraction of sp³-hybridized carbons (Fsp3) is 0.480. The van der Waals surface area contributed by atoms with Crippen LogP contribution in [0.4, 0.5) is 13.2 Å². The molecule has 0 heterocycles. The number of carbonyl (C=O) groups excluding carboxylic acids is 1. The van der Waals surface area contributed by atoms with Crippen molar-refractivity contribution in [2.24, 2.45) is 0 Å². The van der Waals surface area contributed by atoms with Crippen LogP contribution in [0.5, 0.6) is 5.75 Å². The van der Waals surface area contributed by atoms with Gasteiger partial charge in [0.25, 0.3) is 0 Å². The number of nitrogens with one attached hydrogen (secondary N) is 1. The molecule has 0 saturated heterocycles. The van der Waals surface area contributed by atoms with E-state index < -0.39 is 23.2 Å². The minimum atomic E-state index is -4.59. The van der Waals surface area contributed by atoms with Crippen LogP contribution >= 0.6 is 23.2 Å². The summed E-state index contributed by atoms with van der Waals surface area (Å²) in [5, 5.41) is 17.8. The number of rotatable bonds is 11. The van der Waals surface area contributed by atoms with E-state index in [1.165, 1.54) is 13.0 Å². The van der Waals surface area contributed by atoms with E-state index in [9.17, 15) is 23.2 Å². The Morgan fingerprint density at radius 2 is 1.65 bits per heavy atom. The average Bonchev–Trinajstić information content (AvgIpc) is 2.81. The van der Waals surface area contributed by atoms with E-state index in [1.54, 1.807) is 38.1 Å². The van der Waals surface area contributed by atoms with Gasteiger partial charge in [-0.3, -0.25) is 4.79 Å². The average molecular weight is 643 g/mol. The first-order valence-corrected chi connectivity index (χ1v) is 12.0. The number of hydrogen-bond donors (Lipinski definition) is 3. The smallest absolute Gasteiger partial charge is 0.419 e. The van der Waals surface area contributed by atoms with Gasteiger partial charge in [-0.25, -0.2) is 0 Å². The van der Waals surface area contributed by atoms with Crippen molar-refractivity contribution in [1.82, 2.24) is 5.48 Å². The number of benzene rings is 2. The van der Waals surface area contributed by atoms with Crippen LogP contribution in [0, 0.1) is 0 Å². The first-order chi connectivity index (χ1) is 16.8. The molecule has 0 saturated carbocycles. The number of hydroxylamine groups is 1. The molecule has 0 aliphatic carbocycles. The van der Waals surface area contributed by atoms with Crippen LogP contribution in [-0.4, -0.2) is 41.6 Å². The Morgan fingerprint density at radius 3 is 2.19 bits per heavy atom. The van der Waals surface area contributed by atoms with E-state index in [0.29, 0.717) is 28.5 Å². The number of aryl methyl sites for hydroxylation is 2. The molecule has 205 valence electrons. The molecule has 0 fully saturated rings. The van der Waals surface area contributed by atoms with Gasteiger partial charge in [0.2, 0.25) is 0 Å². The molecular weight excluding hydrogens is 611 g/mol. The van der Waals surface area contributed by atoms with Crippen molar-refractivity contribution in [2.75, 3.05) is 19.8 Å². The number of alkyl halides is 3. The molecular formula is C25H32Cl2F3NO5Y. The van der Waals surface area contributed by atoms with Crippen LogP contribution < -0.4 is 10.2 Å². The van der Waals surface area contributed by atoms with Crippen molar-refractivity contribution in [2.45, 2.75) is 58.2 Å². The summed E-state index contributed by atoms with van der Waals surface area (Å²) in [5.74, 6) is -0.764. The number of ether oxygens (including phenoxy) is 2. The van der Waals surface area contributed by atoms with Gasteiger partial charge in [0.15, 0.2) is 0 Å². The van der Waals surface area contributed by atoms with Crippen LogP contribution in [0.3, 0.4) is 0 Å². The summed E-state index contributed by atoms with van der Waals surface area (Å²) < 4.78 is 51.2. The molecule has 12 heteroatoms. The van der Waals surface area contributed by atoms with Crippen molar-refractivity contribution in [1.29, 1.82) is 0 Å². The minimum absolute atomic E-state index is 0. The topological polar surface area (TPSA) is 88.0 Å². The van der Waals surface area contributed by atoms with Gasteiger partial charge in [-0.1, -0.05) is 35.3 Å². The third kappa shape index (κ3) is 13.6. The predicted molar refractivity (Wildman–Crippen MR) is 133 cm³/mol. The Hall–Kier alpha value is -0.936. The second-order valence-corrected chi connectivity index (χ2v) is 9.11. The molecule has 1 atom stereocenters. The molecule has 3 N–H and O–H groups in total. The van der Waals surface area contributed by atoms with Gasteiger partial charge in [-0.05, 0) is 74.9 Å². The van der Waals surface area contributed by atoms with Gasteiger partial charge in [-0.2, -0.15) is 18.7 Å². The monoisotopic (exact) mass is 642 g/mol. The van der Waals surface area contributed by atoms with Crippen LogP contribution in [0.15, 0.2) is 36.4 Å². The van der Waals surface area contributed by atoms with Crippen molar-refractivity contribution < 1.29 is 70.5 Å². The zero-order chi connectivity index (χ0) is 27.4. The zero-order valence-corrected chi connectivity index (χ0v) is 25.4. The Kier molecular flexibility index (Phi) is 17.2. The molecule has 0 aromatic heterocycles. The second kappa shape index (κ2) is 17.6. The summed E-state index contributed by atoms with van der Waals surface area (Å²) in [5.41, 5.74) is 1.53. The fourth-order valence-corrected chi connectivity index (χ4v) is 3.40. The van der Waals surface area contributed by atoms with E-state index in [4.69, 9.17) is 37.8 Å². The Bertz CT molecular complexity index is 982. The predicted octanol–water partition coefficient (Wildman–Crippen LogP) is 6.25. The third-order valence-corrected chi connectivity index (χ3v) is 5.77. The maximum Gasteiger partial charge on any atom is 0.419 e. The molecule has 0 aliphatic rings. The number of carbonyl (C=O) groups is 1. The van der Waals surface area contributed by atoms with Crippen molar-refractivity contribution in [3.8, 4) is 5.75 Å². The molecule has 2 aromatic carbocycles. The van der Waals surface area contributed by atoms with Crippen LogP contribution in [0.25, 0.3) is 0 Å². The maximum absolute atomic E-state index is 13.6. The SMILES string of the molecule is CC(=O)OCC(C)(CCc1ccc(OCCCc2ccc(Cl)c(Cl)c2)c(C(F)(F)F)c1)NO.CCO.[Y]. The van der Waals surface area contributed by atoms with Crippen LogP contribution in [-0.2, 0) is 61.3 Å². The molecule has 0 spiro atoms. The normalized spacial score (nSPS) is 12.5. The zero-order valence-electron chi connectivity index (χ0n) is 21.0. The molecule has 37 heavy (non-hydrogen) atoms. The molecule has 6 nitrogen and oxygen atoms in total. The fourth-order valence-electron chi connectivity index (χ4n) is 3.08. The third-order valence-electron chi connectivity index (χ3n) is 5.03. The molecule has 1 radical (unpaired) electrons. The summed E-state index contributed by atoms with van der Waals surface area (Å²) in [6.45, 7) is 4.74. The number of esters is 1. The Labute approximate surface area is 250 Å². The van der Waals surface area contributed by atoms with Gasteiger partial charge in [-0.15, -0.1) is 0 Å². The van der Waals surface area contributed by atoms with E-state index >= 15 is 0 Å². The number of halogens is 5. The van der Waals surface area contributed by atoms with Gasteiger partial charge in [0.1, 0.15) is 12.4 Å². The maximum atomic E-state index is 13.6. The minimum Gasteiger partial charge on any atom is -0.493 e.